The van der Waals surface area contributed by atoms with Crippen LogP contribution in [0.15, 0.2) is 0 Å². The Hall–Kier alpha value is -1.77. The standard InChI is InChI=1S/C6H9N3O3/c7-2-1-5(10)9-3-4-12-6(8)11/h1,3-4H2,(H2,8,11)(H,9,10). The SMILES string of the molecule is N#CCC(=O)NCCOC(N)=O. The zero-order valence-corrected chi connectivity index (χ0v) is 6.37. The van der Waals surface area contributed by atoms with Gasteiger partial charge in [0, 0.05) is 0 Å². The minimum atomic E-state index is -0.885. The molecule has 0 saturated heterocycles. The number of rotatable bonds is 4. The Labute approximate surface area is 69.3 Å². The van der Waals surface area contributed by atoms with E-state index in [0.717, 1.165) is 0 Å². The Kier molecular flexibility index (Phi) is 5.09. The molecule has 6 heteroatoms. The van der Waals surface area contributed by atoms with Crippen molar-refractivity contribution in [3.05, 3.63) is 0 Å². The molecule has 6 nitrogen and oxygen atoms in total. The second kappa shape index (κ2) is 5.97. The first-order chi connectivity index (χ1) is 5.66. The fraction of sp³-hybridized carbons (Fsp3) is 0.500. The molecule has 0 fully saturated rings. The van der Waals surface area contributed by atoms with Gasteiger partial charge in [-0.15, -0.1) is 0 Å². The van der Waals surface area contributed by atoms with Crippen molar-refractivity contribution in [2.75, 3.05) is 13.2 Å². The molecular weight excluding hydrogens is 162 g/mol. The topological polar surface area (TPSA) is 105 Å². The second-order valence-electron chi connectivity index (χ2n) is 1.85. The number of hydrogen-bond donors (Lipinski definition) is 2. The Bertz CT molecular complexity index is 209. The van der Waals surface area contributed by atoms with E-state index in [4.69, 9.17) is 5.26 Å². The average molecular weight is 171 g/mol. The fourth-order valence-electron chi connectivity index (χ4n) is 0.476. The van der Waals surface area contributed by atoms with Crippen LogP contribution >= 0.6 is 0 Å². The summed E-state index contributed by atoms with van der Waals surface area (Å²) in [5.41, 5.74) is 4.64. The third-order valence-corrected chi connectivity index (χ3v) is 0.908. The first-order valence-corrected chi connectivity index (χ1v) is 3.22. The van der Waals surface area contributed by atoms with Crippen molar-refractivity contribution >= 4 is 12.0 Å². The zero-order chi connectivity index (χ0) is 9.40. The molecule has 2 amide bonds. The molecule has 0 bridgehead atoms. The lowest BCUT2D eigenvalue weighted by atomic mass is 10.4. The summed E-state index contributed by atoms with van der Waals surface area (Å²) in [5, 5.41) is 10.4. The third-order valence-electron chi connectivity index (χ3n) is 0.908. The summed E-state index contributed by atoms with van der Waals surface area (Å²) in [5.74, 6) is -0.398. The molecule has 12 heavy (non-hydrogen) atoms. The molecule has 0 unspecified atom stereocenters. The molecule has 0 heterocycles. The lowest BCUT2D eigenvalue weighted by Gasteiger charge is -2.01. The van der Waals surface area contributed by atoms with Gasteiger partial charge in [0.05, 0.1) is 12.6 Å². The number of amides is 2. The molecule has 0 aliphatic rings. The summed E-state index contributed by atoms with van der Waals surface area (Å²) in [4.78, 5) is 20.6. The first-order valence-electron chi connectivity index (χ1n) is 3.22. The predicted molar refractivity (Wildman–Crippen MR) is 38.8 cm³/mol. The smallest absolute Gasteiger partial charge is 0.404 e. The molecule has 0 atom stereocenters. The van der Waals surface area contributed by atoms with Crippen molar-refractivity contribution in [1.29, 1.82) is 5.26 Å². The molecule has 0 aromatic heterocycles. The van der Waals surface area contributed by atoms with Crippen LogP contribution in [-0.4, -0.2) is 25.2 Å². The van der Waals surface area contributed by atoms with Gasteiger partial charge in [-0.05, 0) is 0 Å². The highest BCUT2D eigenvalue weighted by Gasteiger charge is 1.98. The van der Waals surface area contributed by atoms with E-state index in [9.17, 15) is 9.59 Å². The highest BCUT2D eigenvalue weighted by Crippen LogP contribution is 1.76. The largest absolute Gasteiger partial charge is 0.448 e. The third kappa shape index (κ3) is 6.35. The van der Waals surface area contributed by atoms with Gasteiger partial charge in [-0.1, -0.05) is 0 Å². The van der Waals surface area contributed by atoms with E-state index in [1.165, 1.54) is 0 Å². The van der Waals surface area contributed by atoms with Crippen molar-refractivity contribution in [3.8, 4) is 6.07 Å². The van der Waals surface area contributed by atoms with E-state index in [1.807, 2.05) is 0 Å². The van der Waals surface area contributed by atoms with E-state index < -0.39 is 12.0 Å². The van der Waals surface area contributed by atoms with Crippen LogP contribution < -0.4 is 11.1 Å². The summed E-state index contributed by atoms with van der Waals surface area (Å²) in [6.45, 7) is 0.190. The van der Waals surface area contributed by atoms with Gasteiger partial charge < -0.3 is 15.8 Å². The van der Waals surface area contributed by atoms with Crippen molar-refractivity contribution in [3.63, 3.8) is 0 Å². The van der Waals surface area contributed by atoms with Crippen molar-refractivity contribution in [2.45, 2.75) is 6.42 Å². The van der Waals surface area contributed by atoms with Gasteiger partial charge in [0.1, 0.15) is 13.0 Å². The number of carbonyl (C=O) groups excluding carboxylic acids is 2. The molecule has 0 aliphatic carbocycles. The van der Waals surface area contributed by atoms with Crippen LogP contribution in [0.2, 0.25) is 0 Å². The number of hydrogen-bond acceptors (Lipinski definition) is 4. The number of nitriles is 1. The first kappa shape index (κ1) is 10.2. The quantitative estimate of drug-likeness (QED) is 0.535. The molecule has 0 aromatic carbocycles. The second-order valence-corrected chi connectivity index (χ2v) is 1.85. The molecule has 0 saturated carbocycles. The van der Waals surface area contributed by atoms with Crippen LogP contribution in [-0.2, 0) is 9.53 Å². The van der Waals surface area contributed by atoms with Gasteiger partial charge in [-0.2, -0.15) is 5.26 Å². The fourth-order valence-corrected chi connectivity index (χ4v) is 0.476. The molecule has 3 N–H and O–H groups in total. The lowest BCUT2D eigenvalue weighted by molar-refractivity contribution is -0.120. The van der Waals surface area contributed by atoms with Gasteiger partial charge in [0.25, 0.3) is 0 Å². The van der Waals surface area contributed by atoms with E-state index in [-0.39, 0.29) is 19.6 Å². The van der Waals surface area contributed by atoms with E-state index in [0.29, 0.717) is 0 Å². The number of nitrogens with one attached hydrogen (secondary N) is 1. The Morgan fingerprint density at radius 2 is 2.25 bits per heavy atom. The molecule has 66 valence electrons. The summed E-state index contributed by atoms with van der Waals surface area (Å²) in [6, 6.07) is 1.67. The molecule has 0 spiro atoms. The maximum atomic E-state index is 10.6. The minimum absolute atomic E-state index is 0.0203. The van der Waals surface area contributed by atoms with Gasteiger partial charge in [0.2, 0.25) is 5.91 Å². The summed E-state index contributed by atoms with van der Waals surface area (Å²) < 4.78 is 4.31. The number of nitrogens with zero attached hydrogens (tertiary/aromatic N) is 1. The zero-order valence-electron chi connectivity index (χ0n) is 6.37. The normalized spacial score (nSPS) is 8.25. The number of nitrogens with two attached hydrogens (primary N) is 1. The van der Waals surface area contributed by atoms with Gasteiger partial charge in [-0.3, -0.25) is 4.79 Å². The monoisotopic (exact) mass is 171 g/mol. The number of ether oxygens (including phenoxy) is 1. The van der Waals surface area contributed by atoms with Crippen LogP contribution in [0.4, 0.5) is 4.79 Å². The molecule has 0 rings (SSSR count). The average Bonchev–Trinajstić information content (AvgIpc) is 1.98. The Balaban J connectivity index is 3.27. The predicted octanol–water partition coefficient (Wildman–Crippen LogP) is -0.888. The maximum Gasteiger partial charge on any atom is 0.404 e. The minimum Gasteiger partial charge on any atom is -0.448 e. The molecule has 0 aliphatic heterocycles. The van der Waals surface area contributed by atoms with Crippen LogP contribution in [0, 0.1) is 11.3 Å². The Morgan fingerprint density at radius 3 is 2.75 bits per heavy atom. The summed E-state index contributed by atoms with van der Waals surface area (Å²) >= 11 is 0. The summed E-state index contributed by atoms with van der Waals surface area (Å²) in [6.07, 6.45) is -1.08. The van der Waals surface area contributed by atoms with Gasteiger partial charge >= 0.3 is 6.09 Å². The van der Waals surface area contributed by atoms with Crippen molar-refractivity contribution in [2.24, 2.45) is 5.73 Å². The number of primary amides is 1. The molecule has 0 aromatic rings. The van der Waals surface area contributed by atoms with Crippen molar-refractivity contribution in [1.82, 2.24) is 5.32 Å². The maximum absolute atomic E-state index is 10.6. The van der Waals surface area contributed by atoms with E-state index in [1.54, 1.807) is 6.07 Å². The highest BCUT2D eigenvalue weighted by atomic mass is 16.5. The van der Waals surface area contributed by atoms with E-state index in [2.05, 4.69) is 15.8 Å². The molecular formula is C6H9N3O3. The van der Waals surface area contributed by atoms with Crippen LogP contribution in [0.3, 0.4) is 0 Å². The van der Waals surface area contributed by atoms with Gasteiger partial charge in [-0.25, -0.2) is 4.79 Å². The van der Waals surface area contributed by atoms with E-state index >= 15 is 0 Å². The molecule has 0 radical (unpaired) electrons. The number of carbonyl (C=O) groups is 2. The van der Waals surface area contributed by atoms with Gasteiger partial charge in [0.15, 0.2) is 0 Å². The lowest BCUT2D eigenvalue weighted by Crippen LogP contribution is -2.28. The van der Waals surface area contributed by atoms with Crippen LogP contribution in [0.1, 0.15) is 6.42 Å². The highest BCUT2D eigenvalue weighted by molar-refractivity contribution is 5.77. The van der Waals surface area contributed by atoms with Crippen LogP contribution in [0.5, 0.6) is 0 Å². The van der Waals surface area contributed by atoms with Crippen molar-refractivity contribution < 1.29 is 14.3 Å². The Morgan fingerprint density at radius 1 is 1.58 bits per heavy atom. The van der Waals surface area contributed by atoms with Crippen LogP contribution in [0.25, 0.3) is 0 Å². The summed E-state index contributed by atoms with van der Waals surface area (Å²) in [7, 11) is 0.